The number of ether oxygens (including phenoxy) is 2. The lowest BCUT2D eigenvalue weighted by Gasteiger charge is -2.46. The number of benzene rings is 2. The molecule has 0 unspecified atom stereocenters. The van der Waals surface area contributed by atoms with Crippen molar-refractivity contribution in [2.45, 2.75) is 74.2 Å². The zero-order valence-electron chi connectivity index (χ0n) is 24.8. The lowest BCUT2D eigenvalue weighted by Crippen LogP contribution is -2.48. The molecule has 2 N–H and O–H groups in total. The fourth-order valence-corrected chi connectivity index (χ4v) is 8.79. The molecule has 0 spiro atoms. The summed E-state index contributed by atoms with van der Waals surface area (Å²) in [6.07, 6.45) is 8.75. The number of anilines is 1. The molecule has 0 aliphatic heterocycles. The number of carbonyl (C=O) groups is 2. The Balaban J connectivity index is 1.18. The van der Waals surface area contributed by atoms with Crippen molar-refractivity contribution in [3.63, 3.8) is 0 Å². The van der Waals surface area contributed by atoms with Gasteiger partial charge in [0.25, 0.3) is 15.7 Å². The van der Waals surface area contributed by atoms with Gasteiger partial charge in [-0.3, -0.25) is 9.59 Å². The number of rotatable bonds is 9. The highest BCUT2D eigenvalue weighted by Gasteiger charge is 2.52. The van der Waals surface area contributed by atoms with E-state index in [1.54, 1.807) is 0 Å². The van der Waals surface area contributed by atoms with Gasteiger partial charge in [-0.15, -0.1) is 0 Å². The molecule has 0 saturated heterocycles. The molecule has 5 fully saturated rings. The van der Waals surface area contributed by atoms with Crippen LogP contribution in [0.2, 0.25) is 0 Å². The van der Waals surface area contributed by atoms with Gasteiger partial charge in [0.1, 0.15) is 5.75 Å². The molecule has 7 rings (SSSR count). The highest BCUT2D eigenvalue weighted by Crippen LogP contribution is 2.51. The molecular formula is C32H36F4N2O6S. The predicted octanol–water partition coefficient (Wildman–Crippen LogP) is 6.26. The zero-order chi connectivity index (χ0) is 32.1. The van der Waals surface area contributed by atoms with E-state index in [1.165, 1.54) is 19.2 Å². The van der Waals surface area contributed by atoms with Crippen molar-refractivity contribution in [3.05, 3.63) is 47.8 Å². The van der Waals surface area contributed by atoms with Crippen molar-refractivity contribution in [1.82, 2.24) is 5.32 Å². The van der Waals surface area contributed by atoms with E-state index in [9.17, 15) is 31.2 Å². The number of nitrogens with one attached hydrogen (secondary N) is 2. The Morgan fingerprint density at radius 1 is 0.978 bits per heavy atom. The highest BCUT2D eigenvalue weighted by molar-refractivity contribution is 7.92. The lowest BCUT2D eigenvalue weighted by molar-refractivity contribution is -0.122. The van der Waals surface area contributed by atoms with Gasteiger partial charge in [-0.1, -0.05) is 6.07 Å². The van der Waals surface area contributed by atoms with Gasteiger partial charge in [0.2, 0.25) is 5.91 Å². The molecule has 0 aromatic heterocycles. The van der Waals surface area contributed by atoms with Crippen LogP contribution in [0.4, 0.5) is 23.2 Å². The molecule has 244 valence electrons. The third-order valence-corrected chi connectivity index (χ3v) is 12.0. The van der Waals surface area contributed by atoms with Gasteiger partial charge in [-0.2, -0.15) is 13.2 Å². The van der Waals surface area contributed by atoms with Crippen LogP contribution in [0.25, 0.3) is 0 Å². The predicted molar refractivity (Wildman–Crippen MR) is 156 cm³/mol. The molecule has 0 radical (unpaired) electrons. The number of amides is 2. The van der Waals surface area contributed by atoms with Crippen LogP contribution in [0.1, 0.15) is 68.1 Å². The second-order valence-corrected chi connectivity index (χ2v) is 15.0. The average Bonchev–Trinajstić information content (AvgIpc) is 3.63. The lowest BCUT2D eigenvalue weighted by atomic mass is 9.61. The van der Waals surface area contributed by atoms with Crippen molar-refractivity contribution in [1.29, 1.82) is 0 Å². The number of alkyl halides is 3. The van der Waals surface area contributed by atoms with Gasteiger partial charge in [0.05, 0.1) is 30.1 Å². The summed E-state index contributed by atoms with van der Waals surface area (Å²) in [6, 6.07) is 5.85. The van der Waals surface area contributed by atoms with E-state index in [-0.39, 0.29) is 40.0 Å². The van der Waals surface area contributed by atoms with E-state index < -0.39 is 49.8 Å². The molecule has 2 aromatic rings. The molecule has 45 heavy (non-hydrogen) atoms. The Hall–Kier alpha value is -3.35. The monoisotopic (exact) mass is 652 g/mol. The molecule has 13 heteroatoms. The van der Waals surface area contributed by atoms with Crippen LogP contribution in [0.5, 0.6) is 11.5 Å². The van der Waals surface area contributed by atoms with E-state index in [1.807, 2.05) is 0 Å². The largest absolute Gasteiger partial charge is 0.501 e. The first-order valence-corrected chi connectivity index (χ1v) is 16.8. The molecule has 5 aliphatic rings. The summed E-state index contributed by atoms with van der Waals surface area (Å²) >= 11 is 0. The number of carbonyl (C=O) groups excluding carboxylic acids is 2. The SMILES string of the molecule is COc1cc(F)c(OCC23CCC(CC2)CC3)cc1C(=O)N[C@@H]1[C@H]2CC[C@H](C2)[C@@H]1C(=O)Nc1cccc(S(=O)(=O)C(F)(F)F)c1. The number of hydrogen-bond acceptors (Lipinski definition) is 6. The van der Waals surface area contributed by atoms with Crippen molar-refractivity contribution in [3.8, 4) is 11.5 Å². The molecule has 5 aliphatic carbocycles. The van der Waals surface area contributed by atoms with Crippen LogP contribution in [0.3, 0.4) is 0 Å². The van der Waals surface area contributed by atoms with Gasteiger partial charge in [0.15, 0.2) is 11.6 Å². The summed E-state index contributed by atoms with van der Waals surface area (Å²) in [5, 5.41) is 5.51. The highest BCUT2D eigenvalue weighted by atomic mass is 32.2. The average molecular weight is 653 g/mol. The molecular weight excluding hydrogens is 616 g/mol. The number of halogens is 4. The van der Waals surface area contributed by atoms with Gasteiger partial charge in [-0.25, -0.2) is 12.8 Å². The number of sulfone groups is 1. The molecule has 4 atom stereocenters. The second-order valence-electron chi connectivity index (χ2n) is 13.1. The van der Waals surface area contributed by atoms with Crippen molar-refractivity contribution in [2.75, 3.05) is 19.0 Å². The van der Waals surface area contributed by atoms with Gasteiger partial charge in [-0.05, 0) is 99.8 Å². The third-order valence-electron chi connectivity index (χ3n) is 10.5. The zero-order valence-corrected chi connectivity index (χ0v) is 25.6. The summed E-state index contributed by atoms with van der Waals surface area (Å²) in [7, 11) is -4.28. The Kier molecular flexibility index (Phi) is 8.28. The standard InChI is InChI=1S/C32H36F4N2O6S/c1-43-25-16-24(33)26(44-17-31-10-7-18(8-11-31)9-12-31)15-23(25)29(39)38-28-20-6-5-19(13-20)27(28)30(40)37-21-3-2-4-22(14-21)45(41,42)32(34,35)36/h2-4,14-16,18-20,27-28H,5-13,17H2,1H3,(H,37,40)(H,38,39)/t18?,19-,20+,27+,28-,31?/m1/s1. The molecule has 5 saturated carbocycles. The van der Waals surface area contributed by atoms with Crippen LogP contribution in [-0.2, 0) is 14.6 Å². The smallest absolute Gasteiger partial charge is 0.496 e. The van der Waals surface area contributed by atoms with E-state index in [2.05, 4.69) is 10.6 Å². The van der Waals surface area contributed by atoms with Crippen molar-refractivity contribution in [2.24, 2.45) is 29.1 Å². The fraction of sp³-hybridized carbons (Fsp3) is 0.562. The summed E-state index contributed by atoms with van der Waals surface area (Å²) < 4.78 is 89.4. The summed E-state index contributed by atoms with van der Waals surface area (Å²) in [5.74, 6) is -1.82. The first-order valence-electron chi connectivity index (χ1n) is 15.3. The minimum Gasteiger partial charge on any atom is -0.496 e. The normalized spacial score (nSPS) is 29.0. The van der Waals surface area contributed by atoms with Crippen molar-refractivity contribution >= 4 is 27.3 Å². The topological polar surface area (TPSA) is 111 Å². The molecule has 2 amide bonds. The Labute approximate surface area is 259 Å². The van der Waals surface area contributed by atoms with Crippen LogP contribution >= 0.6 is 0 Å². The number of hydrogen-bond donors (Lipinski definition) is 2. The third kappa shape index (κ3) is 5.99. The summed E-state index contributed by atoms with van der Waals surface area (Å²) in [5.41, 5.74) is -5.52. The maximum Gasteiger partial charge on any atom is 0.501 e. The summed E-state index contributed by atoms with van der Waals surface area (Å²) in [4.78, 5) is 26.2. The molecule has 0 heterocycles. The van der Waals surface area contributed by atoms with Gasteiger partial charge < -0.3 is 20.1 Å². The van der Waals surface area contributed by atoms with Crippen LogP contribution in [0.15, 0.2) is 41.3 Å². The van der Waals surface area contributed by atoms with E-state index in [4.69, 9.17) is 9.47 Å². The van der Waals surface area contributed by atoms with Crippen LogP contribution in [-0.4, -0.2) is 45.5 Å². The molecule has 8 nitrogen and oxygen atoms in total. The maximum atomic E-state index is 15.1. The van der Waals surface area contributed by atoms with E-state index in [0.717, 1.165) is 81.5 Å². The number of fused-ring (bicyclic) bond motifs is 5. The van der Waals surface area contributed by atoms with Crippen LogP contribution < -0.4 is 20.1 Å². The fourth-order valence-electron chi connectivity index (χ4n) is 7.98. The molecule has 4 bridgehead atoms. The Morgan fingerprint density at radius 3 is 2.33 bits per heavy atom. The van der Waals surface area contributed by atoms with Crippen LogP contribution in [0, 0.1) is 34.9 Å². The quantitative estimate of drug-likeness (QED) is 0.310. The van der Waals surface area contributed by atoms with Gasteiger partial charge in [0, 0.05) is 23.2 Å². The first-order chi connectivity index (χ1) is 21.3. The number of methoxy groups -OCH3 is 1. The Morgan fingerprint density at radius 2 is 1.67 bits per heavy atom. The van der Waals surface area contributed by atoms with E-state index >= 15 is 4.39 Å². The van der Waals surface area contributed by atoms with E-state index in [0.29, 0.717) is 13.0 Å². The summed E-state index contributed by atoms with van der Waals surface area (Å²) in [6.45, 7) is 0.365. The minimum atomic E-state index is -5.60. The van der Waals surface area contributed by atoms with Gasteiger partial charge >= 0.3 is 5.51 Å². The first kappa shape index (κ1) is 31.6. The maximum absolute atomic E-state index is 15.1. The minimum absolute atomic E-state index is 0.0144. The Bertz CT molecular complexity index is 1570. The van der Waals surface area contributed by atoms with Crippen molar-refractivity contribution < 1.29 is 45.0 Å². The molecule has 2 aromatic carbocycles. The second kappa shape index (κ2) is 11.8.